The second kappa shape index (κ2) is 6.13. The van der Waals surface area contributed by atoms with Crippen molar-refractivity contribution >= 4 is 11.9 Å². The van der Waals surface area contributed by atoms with Gasteiger partial charge in [-0.05, 0) is 44.4 Å². The van der Waals surface area contributed by atoms with Crippen LogP contribution in [0.25, 0.3) is 0 Å². The van der Waals surface area contributed by atoms with E-state index in [1.165, 1.54) is 0 Å². The minimum absolute atomic E-state index is 0.0459. The molecule has 134 valence electrons. The maximum Gasteiger partial charge on any atom is 0.313 e. The first-order valence-electron chi connectivity index (χ1n) is 9.38. The van der Waals surface area contributed by atoms with Gasteiger partial charge in [-0.3, -0.25) is 9.59 Å². The van der Waals surface area contributed by atoms with Crippen LogP contribution in [0.1, 0.15) is 60.4 Å². The summed E-state index contributed by atoms with van der Waals surface area (Å²) in [5.41, 5.74) is 0.712. The normalized spacial score (nSPS) is 26.8. The second-order valence-corrected chi connectivity index (χ2v) is 7.88. The highest BCUT2D eigenvalue weighted by molar-refractivity contribution is 6.01. The summed E-state index contributed by atoms with van der Waals surface area (Å²) in [6.07, 6.45) is 5.72. The molecule has 5 nitrogen and oxygen atoms in total. The van der Waals surface area contributed by atoms with Gasteiger partial charge in [-0.1, -0.05) is 31.0 Å². The fourth-order valence-electron chi connectivity index (χ4n) is 5.29. The van der Waals surface area contributed by atoms with E-state index in [0.717, 1.165) is 51.6 Å². The Kier molecular flexibility index (Phi) is 4.07. The van der Waals surface area contributed by atoms with Crippen LogP contribution in [0.4, 0.5) is 0 Å². The highest BCUT2D eigenvalue weighted by Gasteiger charge is 2.57. The lowest BCUT2D eigenvalue weighted by Crippen LogP contribution is -2.66. The number of fused-ring (bicyclic) bond motifs is 1. The first-order chi connectivity index (χ1) is 12.0. The van der Waals surface area contributed by atoms with Gasteiger partial charge in [-0.2, -0.15) is 0 Å². The summed E-state index contributed by atoms with van der Waals surface area (Å²) >= 11 is 0. The van der Waals surface area contributed by atoms with Crippen LogP contribution in [0.15, 0.2) is 24.3 Å². The van der Waals surface area contributed by atoms with Gasteiger partial charge >= 0.3 is 5.97 Å². The van der Waals surface area contributed by atoms with Crippen molar-refractivity contribution < 1.29 is 14.7 Å². The van der Waals surface area contributed by atoms with Crippen molar-refractivity contribution in [2.24, 2.45) is 0 Å². The molecule has 5 heteroatoms. The quantitative estimate of drug-likeness (QED) is 0.898. The summed E-state index contributed by atoms with van der Waals surface area (Å²) < 4.78 is 0. The molecule has 1 unspecified atom stereocenters. The van der Waals surface area contributed by atoms with Crippen LogP contribution in [-0.4, -0.2) is 58.5 Å². The van der Waals surface area contributed by atoms with Crippen LogP contribution in [0, 0.1) is 0 Å². The molecule has 0 aromatic heterocycles. The van der Waals surface area contributed by atoms with Crippen molar-refractivity contribution in [3.05, 3.63) is 35.4 Å². The van der Waals surface area contributed by atoms with Gasteiger partial charge < -0.3 is 14.9 Å². The molecule has 25 heavy (non-hydrogen) atoms. The molecule has 1 amide bonds. The Morgan fingerprint density at radius 1 is 1.16 bits per heavy atom. The number of aliphatic carboxylic acids is 1. The number of carboxylic acids is 1. The number of carbonyl (C=O) groups is 2. The molecule has 1 saturated carbocycles. The SMILES string of the molecule is CN1CCC2(CC1)C(C(=O)O)c1ccccc1C(=O)N2C1CCCC1. The van der Waals surface area contributed by atoms with Gasteiger partial charge in [-0.25, -0.2) is 0 Å². The Hall–Kier alpha value is -1.88. The molecule has 1 aromatic rings. The summed E-state index contributed by atoms with van der Waals surface area (Å²) in [5, 5.41) is 10.2. The third-order valence-corrected chi connectivity index (χ3v) is 6.53. The third-order valence-electron chi connectivity index (χ3n) is 6.53. The van der Waals surface area contributed by atoms with Gasteiger partial charge in [0.2, 0.25) is 0 Å². The largest absolute Gasteiger partial charge is 0.481 e. The lowest BCUT2D eigenvalue weighted by molar-refractivity contribution is -0.145. The van der Waals surface area contributed by atoms with E-state index in [1.807, 2.05) is 23.1 Å². The highest BCUT2D eigenvalue weighted by atomic mass is 16.4. The Morgan fingerprint density at radius 2 is 1.80 bits per heavy atom. The zero-order valence-electron chi connectivity index (χ0n) is 14.8. The summed E-state index contributed by atoms with van der Waals surface area (Å²) in [7, 11) is 2.07. The van der Waals surface area contributed by atoms with E-state index in [1.54, 1.807) is 6.07 Å². The van der Waals surface area contributed by atoms with E-state index in [-0.39, 0.29) is 11.9 Å². The van der Waals surface area contributed by atoms with Gasteiger partial charge in [0, 0.05) is 24.7 Å². The summed E-state index contributed by atoms with van der Waals surface area (Å²) in [6, 6.07) is 7.53. The first kappa shape index (κ1) is 16.6. The van der Waals surface area contributed by atoms with Gasteiger partial charge in [-0.15, -0.1) is 0 Å². The number of piperidine rings is 1. The van der Waals surface area contributed by atoms with Crippen LogP contribution >= 0.6 is 0 Å². The number of benzene rings is 1. The molecule has 1 atom stereocenters. The highest BCUT2D eigenvalue weighted by Crippen LogP contribution is 2.49. The van der Waals surface area contributed by atoms with E-state index in [9.17, 15) is 14.7 Å². The van der Waals surface area contributed by atoms with Crippen molar-refractivity contribution in [2.45, 2.75) is 56.0 Å². The Morgan fingerprint density at radius 3 is 2.44 bits per heavy atom. The van der Waals surface area contributed by atoms with Gasteiger partial charge in [0.15, 0.2) is 0 Å². The number of rotatable bonds is 2. The number of carbonyl (C=O) groups excluding carboxylic acids is 1. The Labute approximate surface area is 148 Å². The zero-order valence-corrected chi connectivity index (χ0v) is 14.8. The smallest absolute Gasteiger partial charge is 0.313 e. The number of hydrogen-bond donors (Lipinski definition) is 1. The minimum atomic E-state index is -0.799. The first-order valence-corrected chi connectivity index (χ1v) is 9.38. The molecule has 1 spiro atoms. The molecular formula is C20H26N2O3. The fourth-order valence-corrected chi connectivity index (χ4v) is 5.29. The molecule has 1 aromatic carbocycles. The maximum absolute atomic E-state index is 13.4. The maximum atomic E-state index is 13.4. The van der Waals surface area contributed by atoms with E-state index in [2.05, 4.69) is 11.9 Å². The number of amides is 1. The third kappa shape index (κ3) is 2.48. The number of nitrogens with zero attached hydrogens (tertiary/aromatic N) is 2. The van der Waals surface area contributed by atoms with E-state index in [0.29, 0.717) is 11.1 Å². The number of likely N-dealkylation sites (tertiary alicyclic amines) is 1. The fraction of sp³-hybridized carbons (Fsp3) is 0.600. The van der Waals surface area contributed by atoms with E-state index < -0.39 is 17.4 Å². The predicted molar refractivity (Wildman–Crippen MR) is 94.7 cm³/mol. The monoisotopic (exact) mass is 342 g/mol. The Balaban J connectivity index is 1.89. The lowest BCUT2D eigenvalue weighted by atomic mass is 9.67. The molecule has 1 N–H and O–H groups in total. The lowest BCUT2D eigenvalue weighted by Gasteiger charge is -2.56. The standard InChI is InChI=1S/C20H26N2O3/c1-21-12-10-20(11-13-21)17(19(24)25)15-8-4-5-9-16(15)18(23)22(20)14-6-2-3-7-14/h4-5,8-9,14,17H,2-3,6-7,10-13H2,1H3,(H,24,25). The van der Waals surface area contributed by atoms with Crippen LogP contribution in [0.5, 0.6) is 0 Å². The van der Waals surface area contributed by atoms with Crippen LogP contribution in [0.2, 0.25) is 0 Å². The van der Waals surface area contributed by atoms with Crippen LogP contribution < -0.4 is 0 Å². The topological polar surface area (TPSA) is 60.9 Å². The number of hydrogen-bond acceptors (Lipinski definition) is 3. The van der Waals surface area contributed by atoms with E-state index in [4.69, 9.17) is 0 Å². The zero-order chi connectivity index (χ0) is 17.6. The Bertz CT molecular complexity index is 688. The van der Waals surface area contributed by atoms with Crippen LogP contribution in [0.3, 0.4) is 0 Å². The van der Waals surface area contributed by atoms with Gasteiger partial charge in [0.05, 0.1) is 5.54 Å². The minimum Gasteiger partial charge on any atom is -0.481 e. The molecule has 2 aliphatic heterocycles. The molecule has 2 heterocycles. The summed E-state index contributed by atoms with van der Waals surface area (Å²) in [4.78, 5) is 30.1. The molecule has 1 aliphatic carbocycles. The molecular weight excluding hydrogens is 316 g/mol. The number of carboxylic acid groups (broad SMARTS) is 1. The molecule has 3 aliphatic rings. The van der Waals surface area contributed by atoms with Crippen molar-refractivity contribution in [3.63, 3.8) is 0 Å². The van der Waals surface area contributed by atoms with Crippen molar-refractivity contribution in [3.8, 4) is 0 Å². The molecule has 2 fully saturated rings. The van der Waals surface area contributed by atoms with E-state index >= 15 is 0 Å². The van der Waals surface area contributed by atoms with Crippen LogP contribution in [-0.2, 0) is 4.79 Å². The van der Waals surface area contributed by atoms with Gasteiger partial charge in [0.25, 0.3) is 5.91 Å². The molecule has 0 bridgehead atoms. The van der Waals surface area contributed by atoms with Crippen molar-refractivity contribution in [1.29, 1.82) is 0 Å². The molecule has 4 rings (SSSR count). The van der Waals surface area contributed by atoms with Gasteiger partial charge in [0.1, 0.15) is 5.92 Å². The van der Waals surface area contributed by atoms with Crippen molar-refractivity contribution in [1.82, 2.24) is 9.80 Å². The molecule has 0 radical (unpaired) electrons. The summed E-state index contributed by atoms with van der Waals surface area (Å²) in [5.74, 6) is -1.38. The predicted octanol–water partition coefficient (Wildman–Crippen LogP) is 2.72. The molecule has 1 saturated heterocycles. The average Bonchev–Trinajstić information content (AvgIpc) is 3.11. The van der Waals surface area contributed by atoms with Crippen molar-refractivity contribution in [2.75, 3.05) is 20.1 Å². The second-order valence-electron chi connectivity index (χ2n) is 7.88. The summed E-state index contributed by atoms with van der Waals surface area (Å²) in [6.45, 7) is 1.67. The average molecular weight is 342 g/mol.